The molecule has 0 nitrogen and oxygen atoms in total. The minimum Gasteiger partial charge on any atom is -0.0940 e. The van der Waals surface area contributed by atoms with Crippen LogP contribution in [0.15, 0.2) is 46.6 Å². The molecule has 0 amide bonds. The van der Waals surface area contributed by atoms with Crippen molar-refractivity contribution < 1.29 is 0 Å². The Morgan fingerprint density at radius 1 is 0.536 bits per heavy atom. The van der Waals surface area contributed by atoms with E-state index in [9.17, 15) is 0 Å². The van der Waals surface area contributed by atoms with Crippen LogP contribution in [0.3, 0.4) is 0 Å². The number of hydrogen-bond donors (Lipinski definition) is 0. The summed E-state index contributed by atoms with van der Waals surface area (Å²) in [5, 5.41) is 0. The largest absolute Gasteiger partial charge is 0.0940 e. The zero-order valence-corrected chi connectivity index (χ0v) is 21.9. The maximum Gasteiger partial charge on any atom is 0.00209 e. The second-order valence-corrected chi connectivity index (χ2v) is 17.2. The van der Waals surface area contributed by atoms with E-state index in [1.165, 1.54) is 0 Å². The van der Waals surface area contributed by atoms with Crippen LogP contribution in [-0.4, -0.2) is 34.0 Å². The third-order valence-electron chi connectivity index (χ3n) is 6.48. The van der Waals surface area contributed by atoms with Crippen molar-refractivity contribution in [3.8, 4) is 0 Å². The highest BCUT2D eigenvalue weighted by Gasteiger charge is 2.32. The molecule has 158 valence electrons. The highest BCUT2D eigenvalue weighted by molar-refractivity contribution is 7.60. The fourth-order valence-corrected chi connectivity index (χ4v) is 12.8. The van der Waals surface area contributed by atoms with E-state index >= 15 is 0 Å². The van der Waals surface area contributed by atoms with Gasteiger partial charge in [-0.2, -0.15) is 0 Å². The predicted molar refractivity (Wildman–Crippen MR) is 135 cm³/mol. The SMILES string of the molecule is CC(C)P(C(C)C)[C@H](C)C1=C(C2=C([C@@H](C)P(C(C)C)C(C)C)C=CC2)CC=C1. The Morgan fingerprint density at radius 2 is 0.821 bits per heavy atom. The van der Waals surface area contributed by atoms with Gasteiger partial charge in [0.1, 0.15) is 0 Å². The number of allylic oxidation sites excluding steroid dienone is 8. The average molecular weight is 419 g/mol. The van der Waals surface area contributed by atoms with Crippen LogP contribution >= 0.6 is 15.8 Å². The molecule has 2 aliphatic rings. The van der Waals surface area contributed by atoms with Crippen molar-refractivity contribution in [2.45, 2.75) is 116 Å². The topological polar surface area (TPSA) is 0 Å². The zero-order valence-electron chi connectivity index (χ0n) is 20.1. The van der Waals surface area contributed by atoms with Gasteiger partial charge in [-0.3, -0.25) is 0 Å². The molecule has 0 fully saturated rings. The summed E-state index contributed by atoms with van der Waals surface area (Å²) >= 11 is 0. The molecule has 0 radical (unpaired) electrons. The molecule has 2 atom stereocenters. The van der Waals surface area contributed by atoms with Gasteiger partial charge in [0.2, 0.25) is 0 Å². The smallest absolute Gasteiger partial charge is 0.00209 e. The summed E-state index contributed by atoms with van der Waals surface area (Å²) in [5.41, 5.74) is 11.2. The molecule has 0 aromatic carbocycles. The van der Waals surface area contributed by atoms with E-state index in [0.717, 1.165) is 35.5 Å². The van der Waals surface area contributed by atoms with Gasteiger partial charge in [-0.25, -0.2) is 0 Å². The monoisotopic (exact) mass is 418 g/mol. The van der Waals surface area contributed by atoms with Gasteiger partial charge in [-0.1, -0.05) is 109 Å². The normalized spacial score (nSPS) is 19.9. The molecule has 0 bridgehead atoms. The summed E-state index contributed by atoms with van der Waals surface area (Å²) in [6.45, 7) is 24.5. The van der Waals surface area contributed by atoms with Gasteiger partial charge in [0.15, 0.2) is 0 Å². The zero-order chi connectivity index (χ0) is 21.2. The van der Waals surface area contributed by atoms with Gasteiger partial charge in [0, 0.05) is 11.3 Å². The molecular formula is C26H44P2. The van der Waals surface area contributed by atoms with Crippen molar-refractivity contribution in [3.63, 3.8) is 0 Å². The molecule has 0 saturated carbocycles. The van der Waals surface area contributed by atoms with E-state index in [2.05, 4.69) is 93.5 Å². The van der Waals surface area contributed by atoms with Gasteiger partial charge in [-0.15, -0.1) is 0 Å². The first kappa shape index (κ1) is 24.1. The molecule has 0 aromatic heterocycles. The second kappa shape index (κ2) is 10.2. The quantitative estimate of drug-likeness (QED) is 0.328. The first-order valence-electron chi connectivity index (χ1n) is 11.4. The Kier molecular flexibility index (Phi) is 8.80. The molecule has 2 aliphatic carbocycles. The summed E-state index contributed by atoms with van der Waals surface area (Å²) in [4.78, 5) is 0. The first-order chi connectivity index (χ1) is 13.1. The highest BCUT2D eigenvalue weighted by Crippen LogP contribution is 2.57. The summed E-state index contributed by atoms with van der Waals surface area (Å²) in [7, 11) is -0.00517. The summed E-state index contributed by atoms with van der Waals surface area (Å²) in [6.07, 6.45) is 12.1. The molecule has 2 heteroatoms. The lowest BCUT2D eigenvalue weighted by Crippen LogP contribution is -2.18. The molecule has 0 aromatic rings. The molecule has 0 saturated heterocycles. The van der Waals surface area contributed by atoms with Gasteiger partial charge < -0.3 is 0 Å². The molecule has 0 N–H and O–H groups in total. The van der Waals surface area contributed by atoms with Crippen molar-refractivity contribution in [2.24, 2.45) is 0 Å². The highest BCUT2D eigenvalue weighted by atomic mass is 31.1. The molecule has 0 heterocycles. The lowest BCUT2D eigenvalue weighted by atomic mass is 9.95. The van der Waals surface area contributed by atoms with E-state index in [0.29, 0.717) is 11.3 Å². The van der Waals surface area contributed by atoms with Gasteiger partial charge >= 0.3 is 0 Å². The van der Waals surface area contributed by atoms with Crippen LogP contribution in [0.25, 0.3) is 0 Å². The fourth-order valence-electron chi connectivity index (χ4n) is 5.72. The Hall–Kier alpha value is -0.180. The molecule has 2 rings (SSSR count). The fraction of sp³-hybridized carbons (Fsp3) is 0.692. The summed E-state index contributed by atoms with van der Waals surface area (Å²) in [6, 6.07) is 0. The van der Waals surface area contributed by atoms with Crippen LogP contribution in [0.1, 0.15) is 82.1 Å². The number of hydrogen-bond acceptors (Lipinski definition) is 0. The van der Waals surface area contributed by atoms with Crippen molar-refractivity contribution in [2.75, 3.05) is 0 Å². The van der Waals surface area contributed by atoms with Gasteiger partial charge in [-0.05, 0) is 57.8 Å². The van der Waals surface area contributed by atoms with E-state index < -0.39 is 0 Å². The molecule has 0 spiro atoms. The van der Waals surface area contributed by atoms with Crippen LogP contribution in [0.5, 0.6) is 0 Å². The predicted octanol–water partition coefficient (Wildman–Crippen LogP) is 8.87. The van der Waals surface area contributed by atoms with E-state index in [-0.39, 0.29) is 15.8 Å². The summed E-state index contributed by atoms with van der Waals surface area (Å²) < 4.78 is 0. The molecular weight excluding hydrogens is 374 g/mol. The third-order valence-corrected chi connectivity index (χ3v) is 13.6. The average Bonchev–Trinajstić information content (AvgIpc) is 3.22. The van der Waals surface area contributed by atoms with Crippen LogP contribution in [0.4, 0.5) is 0 Å². The standard InChI is InChI=1S/C26H44P2/c1-17(2)27(18(3)4)21(9)23-13-11-15-25(23)26-16-12-14-24(26)22(10)28(19(5)6)20(7)8/h11-14,17-22H,15-16H2,1-10H3/t21-,22-/m1/s1. The summed E-state index contributed by atoms with van der Waals surface area (Å²) in [5.74, 6) is 0. The Morgan fingerprint density at radius 3 is 1.07 bits per heavy atom. The van der Waals surface area contributed by atoms with E-state index in [4.69, 9.17) is 0 Å². The van der Waals surface area contributed by atoms with Crippen LogP contribution in [0, 0.1) is 0 Å². The minimum absolute atomic E-state index is 0.00258. The lowest BCUT2D eigenvalue weighted by Gasteiger charge is -2.35. The molecule has 0 unspecified atom stereocenters. The Labute approximate surface area is 178 Å². The van der Waals surface area contributed by atoms with Crippen LogP contribution in [0.2, 0.25) is 0 Å². The third kappa shape index (κ3) is 5.10. The van der Waals surface area contributed by atoms with Crippen molar-refractivity contribution in [1.82, 2.24) is 0 Å². The van der Waals surface area contributed by atoms with Crippen LogP contribution < -0.4 is 0 Å². The minimum atomic E-state index is -0.00258. The van der Waals surface area contributed by atoms with E-state index in [1.54, 1.807) is 22.3 Å². The first-order valence-corrected chi connectivity index (χ1v) is 14.5. The second-order valence-electron chi connectivity index (χ2n) is 9.70. The Balaban J connectivity index is 2.45. The lowest BCUT2D eigenvalue weighted by molar-refractivity contribution is 0.949. The van der Waals surface area contributed by atoms with Crippen molar-refractivity contribution >= 4 is 15.8 Å². The molecule has 0 aliphatic heterocycles. The molecule has 28 heavy (non-hydrogen) atoms. The maximum absolute atomic E-state index is 2.51. The van der Waals surface area contributed by atoms with Crippen molar-refractivity contribution in [3.05, 3.63) is 46.6 Å². The van der Waals surface area contributed by atoms with Gasteiger partial charge in [0.05, 0.1) is 0 Å². The van der Waals surface area contributed by atoms with Crippen LogP contribution in [-0.2, 0) is 0 Å². The van der Waals surface area contributed by atoms with Gasteiger partial charge in [0.25, 0.3) is 0 Å². The Bertz CT molecular complexity index is 584. The number of rotatable bonds is 9. The van der Waals surface area contributed by atoms with Crippen molar-refractivity contribution in [1.29, 1.82) is 0 Å². The van der Waals surface area contributed by atoms with E-state index in [1.807, 2.05) is 0 Å². The maximum atomic E-state index is 2.51.